The van der Waals surface area contributed by atoms with Crippen molar-refractivity contribution >= 4 is 5.69 Å². The van der Waals surface area contributed by atoms with Crippen molar-refractivity contribution < 1.29 is 19.9 Å². The van der Waals surface area contributed by atoms with Crippen molar-refractivity contribution in [1.82, 2.24) is 0 Å². The van der Waals surface area contributed by atoms with Crippen LogP contribution in [0.15, 0.2) is 18.2 Å². The lowest BCUT2D eigenvalue weighted by atomic mass is 10.2. The molecule has 7 heteroatoms. The third-order valence-electron chi connectivity index (χ3n) is 2.12. The van der Waals surface area contributed by atoms with Gasteiger partial charge in [-0.25, -0.2) is 0 Å². The smallest absolute Gasteiger partial charge is 0.270 e. The summed E-state index contributed by atoms with van der Waals surface area (Å²) in [5.41, 5.74) is 5.85. The fourth-order valence-electron chi connectivity index (χ4n) is 1.22. The average Bonchev–Trinajstić information content (AvgIpc) is 2.35. The standard InChI is InChI=1S/C10H14N2O5/c11-4-7-3-8(12(15)16)1-2-10(7)17-6-9(14)5-13/h1-3,9,13-14H,4-6,11H2. The van der Waals surface area contributed by atoms with Crippen molar-refractivity contribution in [2.75, 3.05) is 13.2 Å². The maximum absolute atomic E-state index is 10.5. The lowest BCUT2D eigenvalue weighted by Crippen LogP contribution is -2.21. The molecule has 0 amide bonds. The summed E-state index contributed by atoms with van der Waals surface area (Å²) in [4.78, 5) is 10.0. The monoisotopic (exact) mass is 242 g/mol. The van der Waals surface area contributed by atoms with Crippen molar-refractivity contribution in [3.05, 3.63) is 33.9 Å². The van der Waals surface area contributed by atoms with Crippen molar-refractivity contribution in [1.29, 1.82) is 0 Å². The van der Waals surface area contributed by atoms with Crippen molar-refractivity contribution in [3.63, 3.8) is 0 Å². The number of benzene rings is 1. The Morgan fingerprint density at radius 1 is 1.53 bits per heavy atom. The molecule has 0 aliphatic rings. The van der Waals surface area contributed by atoms with Gasteiger partial charge in [0.25, 0.3) is 5.69 Å². The van der Waals surface area contributed by atoms with Crippen molar-refractivity contribution in [2.45, 2.75) is 12.6 Å². The fourth-order valence-corrected chi connectivity index (χ4v) is 1.22. The Morgan fingerprint density at radius 3 is 2.76 bits per heavy atom. The van der Waals surface area contributed by atoms with E-state index >= 15 is 0 Å². The van der Waals surface area contributed by atoms with Gasteiger partial charge in [-0.3, -0.25) is 10.1 Å². The first-order chi connectivity index (χ1) is 8.08. The second-order valence-electron chi connectivity index (χ2n) is 3.40. The van der Waals surface area contributed by atoms with Crippen LogP contribution in [0, 0.1) is 10.1 Å². The first kappa shape index (κ1) is 13.4. The minimum absolute atomic E-state index is 0.0690. The zero-order valence-electron chi connectivity index (χ0n) is 9.07. The van der Waals surface area contributed by atoms with Crippen molar-refractivity contribution in [2.24, 2.45) is 5.73 Å². The Morgan fingerprint density at radius 2 is 2.24 bits per heavy atom. The largest absolute Gasteiger partial charge is 0.490 e. The highest BCUT2D eigenvalue weighted by molar-refractivity contribution is 5.43. The van der Waals surface area contributed by atoms with Gasteiger partial charge < -0.3 is 20.7 Å². The molecule has 0 spiro atoms. The number of ether oxygens (including phenoxy) is 1. The molecule has 0 saturated heterocycles. The fraction of sp³-hybridized carbons (Fsp3) is 0.400. The molecule has 4 N–H and O–H groups in total. The molecular formula is C10H14N2O5. The molecule has 0 heterocycles. The number of aliphatic hydroxyl groups excluding tert-OH is 2. The number of nitro groups is 1. The van der Waals surface area contributed by atoms with Gasteiger partial charge in [0.1, 0.15) is 18.5 Å². The molecule has 0 bridgehead atoms. The van der Waals surface area contributed by atoms with Gasteiger partial charge in [-0.2, -0.15) is 0 Å². The summed E-state index contributed by atoms with van der Waals surface area (Å²) in [6, 6.07) is 4.03. The molecule has 7 nitrogen and oxygen atoms in total. The summed E-state index contributed by atoms with van der Waals surface area (Å²) in [5, 5.41) is 28.3. The number of nitrogens with zero attached hydrogens (tertiary/aromatic N) is 1. The lowest BCUT2D eigenvalue weighted by molar-refractivity contribution is -0.384. The molecule has 0 fully saturated rings. The van der Waals surface area contributed by atoms with E-state index in [0.717, 1.165) is 0 Å². The molecule has 0 aliphatic heterocycles. The quantitative estimate of drug-likeness (QED) is 0.469. The maximum atomic E-state index is 10.5. The second kappa shape index (κ2) is 6.14. The summed E-state index contributed by atoms with van der Waals surface area (Å²) < 4.78 is 5.20. The number of aliphatic hydroxyl groups is 2. The van der Waals surface area contributed by atoms with Gasteiger partial charge in [0.05, 0.1) is 11.5 Å². The Kier molecular flexibility index (Phi) is 4.83. The first-order valence-electron chi connectivity index (χ1n) is 4.97. The molecule has 1 rings (SSSR count). The number of nitro benzene ring substituents is 1. The van der Waals surface area contributed by atoms with Gasteiger partial charge in [-0.15, -0.1) is 0 Å². The van der Waals surface area contributed by atoms with E-state index in [0.29, 0.717) is 11.3 Å². The van der Waals surface area contributed by atoms with Gasteiger partial charge in [-0.05, 0) is 6.07 Å². The predicted octanol–water partition coefficient (Wildman–Crippen LogP) is -0.215. The van der Waals surface area contributed by atoms with Gasteiger partial charge in [0.15, 0.2) is 0 Å². The minimum atomic E-state index is -0.990. The molecule has 94 valence electrons. The van der Waals surface area contributed by atoms with Crippen LogP contribution in [0.2, 0.25) is 0 Å². The van der Waals surface area contributed by atoms with E-state index in [-0.39, 0.29) is 18.8 Å². The molecule has 1 aromatic rings. The SMILES string of the molecule is NCc1cc([N+](=O)[O-])ccc1OCC(O)CO. The maximum Gasteiger partial charge on any atom is 0.270 e. The van der Waals surface area contributed by atoms with Crippen LogP contribution in [0.1, 0.15) is 5.56 Å². The zero-order chi connectivity index (χ0) is 12.8. The molecule has 17 heavy (non-hydrogen) atoms. The zero-order valence-corrected chi connectivity index (χ0v) is 9.07. The topological polar surface area (TPSA) is 119 Å². The number of hydrogen-bond donors (Lipinski definition) is 3. The predicted molar refractivity (Wildman–Crippen MR) is 59.6 cm³/mol. The van der Waals surface area contributed by atoms with Crippen LogP contribution in [-0.4, -0.2) is 34.5 Å². The van der Waals surface area contributed by atoms with E-state index < -0.39 is 17.6 Å². The van der Waals surface area contributed by atoms with Gasteiger partial charge in [0, 0.05) is 24.2 Å². The molecule has 0 aliphatic carbocycles. The average molecular weight is 242 g/mol. The van der Waals surface area contributed by atoms with Crippen LogP contribution in [0.3, 0.4) is 0 Å². The molecule has 0 aromatic heterocycles. The minimum Gasteiger partial charge on any atom is -0.490 e. The van der Waals surface area contributed by atoms with Crippen LogP contribution in [0.25, 0.3) is 0 Å². The van der Waals surface area contributed by atoms with E-state index in [1.54, 1.807) is 0 Å². The van der Waals surface area contributed by atoms with E-state index in [9.17, 15) is 10.1 Å². The summed E-state index contributed by atoms with van der Waals surface area (Å²) in [6.45, 7) is -0.418. The first-order valence-corrected chi connectivity index (χ1v) is 4.97. The molecule has 0 radical (unpaired) electrons. The summed E-state index contributed by atoms with van der Waals surface area (Å²) in [7, 11) is 0. The van der Waals surface area contributed by atoms with Gasteiger partial charge in [0.2, 0.25) is 0 Å². The number of non-ortho nitro benzene ring substituents is 1. The number of hydrogen-bond acceptors (Lipinski definition) is 6. The Hall–Kier alpha value is -1.70. The van der Waals surface area contributed by atoms with E-state index in [2.05, 4.69) is 0 Å². The Balaban J connectivity index is 2.82. The summed E-state index contributed by atoms with van der Waals surface area (Å²) in [6.07, 6.45) is -0.990. The van der Waals surface area contributed by atoms with E-state index in [1.807, 2.05) is 0 Å². The third kappa shape index (κ3) is 3.66. The van der Waals surface area contributed by atoms with Gasteiger partial charge >= 0.3 is 0 Å². The van der Waals surface area contributed by atoms with Crippen LogP contribution in [0.5, 0.6) is 5.75 Å². The van der Waals surface area contributed by atoms with E-state index in [1.165, 1.54) is 18.2 Å². The summed E-state index contributed by atoms with van der Waals surface area (Å²) >= 11 is 0. The number of nitrogens with two attached hydrogens (primary N) is 1. The molecule has 0 saturated carbocycles. The van der Waals surface area contributed by atoms with Crippen LogP contribution in [-0.2, 0) is 6.54 Å². The molecule has 1 aromatic carbocycles. The lowest BCUT2D eigenvalue weighted by Gasteiger charge is -2.12. The highest BCUT2D eigenvalue weighted by Crippen LogP contribution is 2.23. The number of rotatable bonds is 6. The Bertz CT molecular complexity index is 396. The normalized spacial score (nSPS) is 12.2. The highest BCUT2D eigenvalue weighted by atomic mass is 16.6. The summed E-state index contributed by atoms with van der Waals surface area (Å²) in [5.74, 6) is 0.366. The molecule has 1 unspecified atom stereocenters. The van der Waals surface area contributed by atoms with Crippen LogP contribution in [0.4, 0.5) is 5.69 Å². The second-order valence-corrected chi connectivity index (χ2v) is 3.40. The van der Waals surface area contributed by atoms with Crippen molar-refractivity contribution in [3.8, 4) is 5.75 Å². The Labute approximate surface area is 97.6 Å². The van der Waals surface area contributed by atoms with Crippen LogP contribution < -0.4 is 10.5 Å². The third-order valence-corrected chi connectivity index (χ3v) is 2.12. The van der Waals surface area contributed by atoms with Gasteiger partial charge in [-0.1, -0.05) is 0 Å². The molecular weight excluding hydrogens is 228 g/mol. The van der Waals surface area contributed by atoms with Crippen LogP contribution >= 0.6 is 0 Å². The highest BCUT2D eigenvalue weighted by Gasteiger charge is 2.12. The molecule has 1 atom stereocenters. The van der Waals surface area contributed by atoms with E-state index in [4.69, 9.17) is 20.7 Å².